The molecule has 3 N–H and O–H groups in total. The number of nitrogens with zero attached hydrogens (tertiary/aromatic N) is 4. The molecule has 0 radical (unpaired) electrons. The average Bonchev–Trinajstić information content (AvgIpc) is 3.09. The number of hydrogen-bond donors (Lipinski definition) is 3. The summed E-state index contributed by atoms with van der Waals surface area (Å²) in [6.45, 7) is 0.582. The van der Waals surface area contributed by atoms with Gasteiger partial charge >= 0.3 is 5.82 Å². The van der Waals surface area contributed by atoms with E-state index in [1.54, 1.807) is 30.5 Å². The van der Waals surface area contributed by atoms with Crippen LogP contribution in [0.15, 0.2) is 42.7 Å². The van der Waals surface area contributed by atoms with E-state index in [2.05, 4.69) is 25.3 Å². The molecule has 0 aliphatic rings. The number of aromatic amines is 1. The number of nitro groups is 1. The largest absolute Gasteiger partial charge is 0.507 e. The molecule has 128 valence electrons. The summed E-state index contributed by atoms with van der Waals surface area (Å²) in [6.07, 6.45) is 4.10. The van der Waals surface area contributed by atoms with Crippen molar-refractivity contribution < 1.29 is 10.0 Å². The van der Waals surface area contributed by atoms with Gasteiger partial charge < -0.3 is 20.5 Å². The summed E-state index contributed by atoms with van der Waals surface area (Å²) in [5.41, 5.74) is 1.26. The fourth-order valence-electron chi connectivity index (χ4n) is 2.31. The van der Waals surface area contributed by atoms with E-state index in [-0.39, 0.29) is 11.6 Å². The van der Waals surface area contributed by atoms with Crippen LogP contribution in [0.1, 0.15) is 12.2 Å². The minimum Gasteiger partial charge on any atom is -0.507 e. The summed E-state index contributed by atoms with van der Waals surface area (Å²) in [5, 5.41) is 23.6. The Kier molecular flexibility index (Phi) is 4.84. The summed E-state index contributed by atoms with van der Waals surface area (Å²) < 4.78 is 0. The Morgan fingerprint density at radius 3 is 2.84 bits per heavy atom. The summed E-state index contributed by atoms with van der Waals surface area (Å²) in [5.74, 6) is 1.07. The summed E-state index contributed by atoms with van der Waals surface area (Å²) >= 11 is 0. The van der Waals surface area contributed by atoms with Crippen molar-refractivity contribution in [2.75, 3.05) is 11.9 Å². The van der Waals surface area contributed by atoms with Crippen LogP contribution in [0.5, 0.6) is 5.75 Å². The zero-order valence-corrected chi connectivity index (χ0v) is 13.2. The minimum atomic E-state index is -0.507. The molecular formula is C16H16N6O3. The van der Waals surface area contributed by atoms with Crippen LogP contribution >= 0.6 is 0 Å². The molecule has 25 heavy (non-hydrogen) atoms. The molecule has 0 saturated heterocycles. The number of phenolic OH excluding ortho intramolecular Hbond substituents is 1. The number of H-pyrrole nitrogens is 1. The molecule has 1 aromatic carbocycles. The second kappa shape index (κ2) is 7.39. The van der Waals surface area contributed by atoms with Crippen LogP contribution in [0.25, 0.3) is 11.3 Å². The van der Waals surface area contributed by atoms with Gasteiger partial charge in [0.2, 0.25) is 5.95 Å². The predicted octanol–water partition coefficient (Wildman–Crippen LogP) is 2.53. The van der Waals surface area contributed by atoms with E-state index < -0.39 is 4.92 Å². The fraction of sp³-hybridized carbons (Fsp3) is 0.188. The van der Waals surface area contributed by atoms with E-state index in [0.717, 1.165) is 0 Å². The van der Waals surface area contributed by atoms with Crippen molar-refractivity contribution in [2.45, 2.75) is 12.8 Å². The highest BCUT2D eigenvalue weighted by Gasteiger charge is 2.10. The van der Waals surface area contributed by atoms with Crippen LogP contribution in [0.3, 0.4) is 0 Å². The van der Waals surface area contributed by atoms with Crippen molar-refractivity contribution in [3.8, 4) is 17.0 Å². The van der Waals surface area contributed by atoms with Crippen molar-refractivity contribution in [1.29, 1.82) is 0 Å². The molecule has 0 saturated carbocycles. The third kappa shape index (κ3) is 4.08. The molecule has 9 heteroatoms. The van der Waals surface area contributed by atoms with Crippen LogP contribution in [0.4, 0.5) is 11.8 Å². The zero-order valence-electron chi connectivity index (χ0n) is 13.2. The van der Waals surface area contributed by atoms with E-state index in [4.69, 9.17) is 0 Å². The molecule has 9 nitrogen and oxygen atoms in total. The second-order valence-corrected chi connectivity index (χ2v) is 5.29. The van der Waals surface area contributed by atoms with Gasteiger partial charge in [-0.1, -0.05) is 12.1 Å². The molecule has 2 heterocycles. The van der Waals surface area contributed by atoms with E-state index >= 15 is 0 Å². The number of hydrogen-bond acceptors (Lipinski definition) is 7. The number of aromatic hydroxyl groups is 1. The van der Waals surface area contributed by atoms with Gasteiger partial charge in [0.1, 0.15) is 11.9 Å². The van der Waals surface area contributed by atoms with Crippen molar-refractivity contribution in [3.05, 3.63) is 58.7 Å². The lowest BCUT2D eigenvalue weighted by molar-refractivity contribution is -0.389. The van der Waals surface area contributed by atoms with E-state index in [1.165, 1.54) is 6.20 Å². The summed E-state index contributed by atoms with van der Waals surface area (Å²) in [6, 6.07) is 8.69. The normalized spacial score (nSPS) is 10.6. The van der Waals surface area contributed by atoms with Crippen molar-refractivity contribution >= 4 is 11.8 Å². The van der Waals surface area contributed by atoms with E-state index in [1.807, 2.05) is 6.07 Å². The lowest BCUT2D eigenvalue weighted by atomic mass is 10.1. The first-order chi connectivity index (χ1) is 12.1. The number of phenols is 1. The highest BCUT2D eigenvalue weighted by Crippen LogP contribution is 2.27. The molecule has 0 atom stereocenters. The number of nitrogens with one attached hydrogen (secondary N) is 2. The van der Waals surface area contributed by atoms with Crippen LogP contribution in [0, 0.1) is 10.1 Å². The van der Waals surface area contributed by atoms with E-state index in [9.17, 15) is 15.2 Å². The Hall–Kier alpha value is -3.49. The fourth-order valence-corrected chi connectivity index (χ4v) is 2.31. The van der Waals surface area contributed by atoms with Crippen molar-refractivity contribution in [1.82, 2.24) is 19.9 Å². The number of aryl methyl sites for hydroxylation is 1. The Labute approximate surface area is 143 Å². The van der Waals surface area contributed by atoms with Crippen molar-refractivity contribution in [3.63, 3.8) is 0 Å². The molecule has 0 amide bonds. The molecule has 0 unspecified atom stereocenters. The second-order valence-electron chi connectivity index (χ2n) is 5.29. The standard InChI is InChI=1S/C16H16N6O3/c23-13-5-2-1-4-11(13)12-7-9-18-16(20-12)17-8-3-6-14-19-10-15(21-14)22(24)25/h1-2,4-5,7,9-10,23H,3,6,8H2,(H,19,21)(H,17,18,20). The quantitative estimate of drug-likeness (QED) is 0.342. The Bertz CT molecular complexity index is 880. The lowest BCUT2D eigenvalue weighted by Crippen LogP contribution is -2.07. The number of rotatable bonds is 7. The van der Waals surface area contributed by atoms with Gasteiger partial charge in [0.25, 0.3) is 0 Å². The first-order valence-corrected chi connectivity index (χ1v) is 7.67. The Balaban J connectivity index is 1.56. The smallest absolute Gasteiger partial charge is 0.340 e. The number of para-hydroxylation sites is 1. The first kappa shape index (κ1) is 16.4. The Morgan fingerprint density at radius 2 is 2.08 bits per heavy atom. The molecule has 0 spiro atoms. The summed E-state index contributed by atoms with van der Waals surface area (Å²) in [7, 11) is 0. The zero-order chi connectivity index (χ0) is 17.6. The topological polar surface area (TPSA) is 130 Å². The number of imidazole rings is 1. The summed E-state index contributed by atoms with van der Waals surface area (Å²) in [4.78, 5) is 25.2. The molecule has 3 aromatic rings. The first-order valence-electron chi connectivity index (χ1n) is 7.67. The maximum Gasteiger partial charge on any atom is 0.340 e. The average molecular weight is 340 g/mol. The van der Waals surface area contributed by atoms with Gasteiger partial charge in [-0.15, -0.1) is 0 Å². The van der Waals surface area contributed by atoms with E-state index in [0.29, 0.717) is 42.4 Å². The highest BCUT2D eigenvalue weighted by atomic mass is 16.6. The van der Waals surface area contributed by atoms with Crippen LogP contribution < -0.4 is 5.32 Å². The monoisotopic (exact) mass is 340 g/mol. The molecule has 0 aliphatic carbocycles. The maximum absolute atomic E-state index is 10.6. The highest BCUT2D eigenvalue weighted by molar-refractivity contribution is 5.66. The Morgan fingerprint density at radius 1 is 1.24 bits per heavy atom. The molecule has 2 aromatic heterocycles. The maximum atomic E-state index is 10.6. The van der Waals surface area contributed by atoms with Gasteiger partial charge in [-0.05, 0) is 29.5 Å². The number of benzene rings is 1. The van der Waals surface area contributed by atoms with Crippen LogP contribution in [0.2, 0.25) is 0 Å². The molecule has 0 bridgehead atoms. The van der Waals surface area contributed by atoms with Gasteiger partial charge in [-0.2, -0.15) is 0 Å². The number of anilines is 1. The predicted molar refractivity (Wildman–Crippen MR) is 91.2 cm³/mol. The van der Waals surface area contributed by atoms with Gasteiger partial charge in [-0.25, -0.2) is 19.9 Å². The SMILES string of the molecule is O=[N+]([O-])c1cnc(CCCNc2nccc(-c3ccccc3O)n2)[nH]1. The van der Waals surface area contributed by atoms with Gasteiger partial charge in [-0.3, -0.25) is 0 Å². The third-order valence-corrected chi connectivity index (χ3v) is 3.52. The van der Waals surface area contributed by atoms with Crippen LogP contribution in [-0.2, 0) is 6.42 Å². The molecular weight excluding hydrogens is 324 g/mol. The van der Waals surface area contributed by atoms with Crippen LogP contribution in [-0.4, -0.2) is 36.5 Å². The van der Waals surface area contributed by atoms with Gasteiger partial charge in [0, 0.05) is 24.7 Å². The minimum absolute atomic E-state index is 0.110. The van der Waals surface area contributed by atoms with Crippen molar-refractivity contribution in [2.24, 2.45) is 0 Å². The third-order valence-electron chi connectivity index (χ3n) is 3.52. The molecule has 0 fully saturated rings. The van der Waals surface area contributed by atoms with Gasteiger partial charge in [0.15, 0.2) is 5.82 Å². The molecule has 0 aliphatic heterocycles. The lowest BCUT2D eigenvalue weighted by Gasteiger charge is -2.07. The van der Waals surface area contributed by atoms with Gasteiger partial charge in [0.05, 0.1) is 5.69 Å². The molecule has 3 rings (SSSR count). The number of aromatic nitrogens is 4.